The number of methoxy groups -OCH3 is 1. The van der Waals surface area contributed by atoms with E-state index in [1.807, 2.05) is 48.5 Å². The smallest absolute Gasteiger partial charge is 0.259 e. The number of carbonyl (C=O) groups is 1. The lowest BCUT2D eigenvalue weighted by molar-refractivity contribution is -0.114. The third-order valence-electron chi connectivity index (χ3n) is 3.03. The van der Waals surface area contributed by atoms with Crippen LogP contribution in [0.15, 0.2) is 54.1 Å². The molecule has 4 heteroatoms. The van der Waals surface area contributed by atoms with Crippen LogP contribution in [0.4, 0.5) is 0 Å². The van der Waals surface area contributed by atoms with E-state index in [4.69, 9.17) is 15.7 Å². The molecule has 21 heavy (non-hydrogen) atoms. The summed E-state index contributed by atoms with van der Waals surface area (Å²) in [5, 5.41) is 8.82. The average Bonchev–Trinajstić information content (AvgIpc) is 2.52. The lowest BCUT2D eigenvalue weighted by Gasteiger charge is -2.08. The van der Waals surface area contributed by atoms with Gasteiger partial charge in [0.15, 0.2) is 0 Å². The molecular formula is C17H14N2O2. The standard InChI is InChI=1S/C17H14N2O2/c1-21-16-5-3-2-4-15(16)13-8-6-12(7-9-13)10-14(11-18)17(19)20/h2-10H,1H3,(H2,19,20)/b14-10-. The van der Waals surface area contributed by atoms with E-state index in [1.165, 1.54) is 6.08 Å². The van der Waals surface area contributed by atoms with Crippen molar-refractivity contribution >= 4 is 12.0 Å². The van der Waals surface area contributed by atoms with Gasteiger partial charge < -0.3 is 10.5 Å². The van der Waals surface area contributed by atoms with Crippen LogP contribution in [-0.2, 0) is 4.79 Å². The lowest BCUT2D eigenvalue weighted by Crippen LogP contribution is -2.12. The van der Waals surface area contributed by atoms with Gasteiger partial charge in [0.2, 0.25) is 0 Å². The van der Waals surface area contributed by atoms with Gasteiger partial charge in [-0.1, -0.05) is 42.5 Å². The second-order valence-electron chi connectivity index (χ2n) is 4.36. The number of amides is 1. The summed E-state index contributed by atoms with van der Waals surface area (Å²) in [7, 11) is 1.63. The van der Waals surface area contributed by atoms with Crippen LogP contribution in [0.2, 0.25) is 0 Å². The number of ether oxygens (including phenoxy) is 1. The summed E-state index contributed by atoms with van der Waals surface area (Å²) in [6.45, 7) is 0. The number of rotatable bonds is 4. The third-order valence-corrected chi connectivity index (χ3v) is 3.03. The maximum absolute atomic E-state index is 11.0. The molecule has 2 aromatic carbocycles. The number of benzene rings is 2. The Labute approximate surface area is 123 Å². The van der Waals surface area contributed by atoms with Crippen LogP contribution in [0.1, 0.15) is 5.56 Å². The highest BCUT2D eigenvalue weighted by molar-refractivity contribution is 6.00. The van der Waals surface area contributed by atoms with Crippen LogP contribution in [0, 0.1) is 11.3 Å². The molecule has 0 aliphatic rings. The molecule has 0 saturated carbocycles. The molecule has 0 bridgehead atoms. The molecule has 104 valence electrons. The molecule has 0 aliphatic heterocycles. The number of hydrogen-bond donors (Lipinski definition) is 1. The molecule has 0 heterocycles. The maximum Gasteiger partial charge on any atom is 0.259 e. The van der Waals surface area contributed by atoms with Gasteiger partial charge in [-0.15, -0.1) is 0 Å². The molecule has 0 aromatic heterocycles. The highest BCUT2D eigenvalue weighted by Gasteiger charge is 2.06. The fourth-order valence-electron chi connectivity index (χ4n) is 1.97. The van der Waals surface area contributed by atoms with Gasteiger partial charge in [0.05, 0.1) is 7.11 Å². The van der Waals surface area contributed by atoms with Gasteiger partial charge in [0.1, 0.15) is 17.4 Å². The second kappa shape index (κ2) is 6.40. The van der Waals surface area contributed by atoms with E-state index in [-0.39, 0.29) is 5.57 Å². The number of nitriles is 1. The van der Waals surface area contributed by atoms with Crippen LogP contribution < -0.4 is 10.5 Å². The van der Waals surface area contributed by atoms with Gasteiger partial charge in [-0.2, -0.15) is 5.26 Å². The number of para-hydroxylation sites is 1. The number of primary amides is 1. The Morgan fingerprint density at radius 3 is 2.43 bits per heavy atom. The minimum atomic E-state index is -0.730. The van der Waals surface area contributed by atoms with Crippen LogP contribution in [0.3, 0.4) is 0 Å². The van der Waals surface area contributed by atoms with Crippen LogP contribution in [-0.4, -0.2) is 13.0 Å². The number of hydrogen-bond acceptors (Lipinski definition) is 3. The molecule has 0 aliphatic carbocycles. The van der Waals surface area contributed by atoms with Gasteiger partial charge >= 0.3 is 0 Å². The van der Waals surface area contributed by atoms with E-state index < -0.39 is 5.91 Å². The Morgan fingerprint density at radius 2 is 1.86 bits per heavy atom. The van der Waals surface area contributed by atoms with Crippen LogP contribution >= 0.6 is 0 Å². The second-order valence-corrected chi connectivity index (χ2v) is 4.36. The van der Waals surface area contributed by atoms with Crippen molar-refractivity contribution in [2.45, 2.75) is 0 Å². The van der Waals surface area contributed by atoms with E-state index >= 15 is 0 Å². The first-order valence-electron chi connectivity index (χ1n) is 6.30. The third kappa shape index (κ3) is 3.28. The molecule has 0 unspecified atom stereocenters. The minimum absolute atomic E-state index is 0.0694. The summed E-state index contributed by atoms with van der Waals surface area (Å²) in [4.78, 5) is 11.0. The molecule has 0 radical (unpaired) electrons. The lowest BCUT2D eigenvalue weighted by atomic mass is 10.0. The molecule has 4 nitrogen and oxygen atoms in total. The summed E-state index contributed by atoms with van der Waals surface area (Å²) in [5.74, 6) is 0.0574. The summed E-state index contributed by atoms with van der Waals surface area (Å²) >= 11 is 0. The maximum atomic E-state index is 11.0. The Balaban J connectivity index is 2.36. The molecule has 0 fully saturated rings. The molecule has 0 spiro atoms. The topological polar surface area (TPSA) is 76.1 Å². The van der Waals surface area contributed by atoms with Crippen molar-refractivity contribution in [2.75, 3.05) is 7.11 Å². The van der Waals surface area contributed by atoms with Gasteiger partial charge in [0.25, 0.3) is 5.91 Å². The first-order chi connectivity index (χ1) is 10.2. The van der Waals surface area contributed by atoms with Gasteiger partial charge in [-0.05, 0) is 23.3 Å². The molecule has 2 aromatic rings. The first kappa shape index (κ1) is 14.4. The normalized spacial score (nSPS) is 10.8. The van der Waals surface area contributed by atoms with E-state index in [0.29, 0.717) is 0 Å². The van der Waals surface area contributed by atoms with Crippen molar-refractivity contribution in [3.8, 4) is 22.9 Å². The monoisotopic (exact) mass is 278 g/mol. The molecule has 2 rings (SSSR count). The predicted octanol–water partition coefficient (Wildman–Crippen LogP) is 2.75. The SMILES string of the molecule is COc1ccccc1-c1ccc(/C=C(/C#N)C(N)=O)cc1. The molecule has 0 saturated heterocycles. The predicted molar refractivity (Wildman–Crippen MR) is 81.2 cm³/mol. The van der Waals surface area contributed by atoms with E-state index in [1.54, 1.807) is 13.2 Å². The Kier molecular flexibility index (Phi) is 4.37. The molecule has 1 amide bonds. The van der Waals surface area contributed by atoms with Crippen molar-refractivity contribution in [1.29, 1.82) is 5.26 Å². The van der Waals surface area contributed by atoms with E-state index in [0.717, 1.165) is 22.4 Å². The zero-order valence-electron chi connectivity index (χ0n) is 11.5. The van der Waals surface area contributed by atoms with E-state index in [9.17, 15) is 4.79 Å². The summed E-state index contributed by atoms with van der Waals surface area (Å²) in [6.07, 6.45) is 1.47. The molecule has 0 atom stereocenters. The van der Waals surface area contributed by atoms with E-state index in [2.05, 4.69) is 0 Å². The summed E-state index contributed by atoms with van der Waals surface area (Å²) < 4.78 is 5.33. The fraction of sp³-hybridized carbons (Fsp3) is 0.0588. The van der Waals surface area contributed by atoms with Crippen LogP contribution in [0.25, 0.3) is 17.2 Å². The quantitative estimate of drug-likeness (QED) is 0.690. The summed E-state index contributed by atoms with van der Waals surface area (Å²) in [5.41, 5.74) is 7.74. The highest BCUT2D eigenvalue weighted by Crippen LogP contribution is 2.29. The number of carbonyl (C=O) groups excluding carboxylic acids is 1. The summed E-state index contributed by atoms with van der Waals surface area (Å²) in [6, 6.07) is 16.9. The van der Waals surface area contributed by atoms with Crippen molar-refractivity contribution in [3.63, 3.8) is 0 Å². The van der Waals surface area contributed by atoms with Crippen molar-refractivity contribution < 1.29 is 9.53 Å². The van der Waals surface area contributed by atoms with Gasteiger partial charge in [-0.25, -0.2) is 0 Å². The fourth-order valence-corrected chi connectivity index (χ4v) is 1.97. The Bertz CT molecular complexity index is 725. The average molecular weight is 278 g/mol. The van der Waals surface area contributed by atoms with Gasteiger partial charge in [-0.3, -0.25) is 4.79 Å². The molecule has 2 N–H and O–H groups in total. The Morgan fingerprint density at radius 1 is 1.19 bits per heavy atom. The highest BCUT2D eigenvalue weighted by atomic mass is 16.5. The minimum Gasteiger partial charge on any atom is -0.496 e. The molecular weight excluding hydrogens is 264 g/mol. The zero-order valence-corrected chi connectivity index (χ0v) is 11.5. The number of nitrogens with two attached hydrogens (primary N) is 1. The van der Waals surface area contributed by atoms with Crippen molar-refractivity contribution in [2.24, 2.45) is 5.73 Å². The first-order valence-corrected chi connectivity index (χ1v) is 6.30. The van der Waals surface area contributed by atoms with Crippen molar-refractivity contribution in [3.05, 3.63) is 59.7 Å². The van der Waals surface area contributed by atoms with Crippen molar-refractivity contribution in [1.82, 2.24) is 0 Å². The zero-order chi connectivity index (χ0) is 15.2. The Hall–Kier alpha value is -3.06. The number of nitrogens with zero attached hydrogens (tertiary/aromatic N) is 1. The van der Waals surface area contributed by atoms with Crippen LogP contribution in [0.5, 0.6) is 5.75 Å². The largest absolute Gasteiger partial charge is 0.496 e. The van der Waals surface area contributed by atoms with Gasteiger partial charge in [0, 0.05) is 5.56 Å².